The summed E-state index contributed by atoms with van der Waals surface area (Å²) in [4.78, 5) is 30.3. The lowest BCUT2D eigenvalue weighted by Gasteiger charge is -2.20. The van der Waals surface area contributed by atoms with Crippen molar-refractivity contribution in [2.45, 2.75) is 33.1 Å². The van der Waals surface area contributed by atoms with E-state index in [0.29, 0.717) is 0 Å². The summed E-state index contributed by atoms with van der Waals surface area (Å²) in [6.45, 7) is 8.42. The summed E-state index contributed by atoms with van der Waals surface area (Å²) in [5.41, 5.74) is 3.35. The highest BCUT2D eigenvalue weighted by Gasteiger charge is 2.14. The van der Waals surface area contributed by atoms with Crippen molar-refractivity contribution in [1.82, 2.24) is 9.97 Å². The average molecular weight is 360 g/mol. The first-order valence-electron chi connectivity index (χ1n) is 8.96. The molecule has 0 bridgehead atoms. The number of aryl methyl sites for hydroxylation is 1. The summed E-state index contributed by atoms with van der Waals surface area (Å²) >= 11 is 0. The van der Waals surface area contributed by atoms with E-state index in [4.69, 9.17) is 0 Å². The predicted molar refractivity (Wildman–Crippen MR) is 110 cm³/mol. The van der Waals surface area contributed by atoms with E-state index in [0.717, 1.165) is 16.7 Å². The van der Waals surface area contributed by atoms with E-state index in [2.05, 4.69) is 42.9 Å². The highest BCUT2D eigenvalue weighted by Crippen LogP contribution is 2.24. The molecule has 2 N–H and O–H groups in total. The minimum absolute atomic E-state index is 0.00458. The summed E-state index contributed by atoms with van der Waals surface area (Å²) < 4.78 is 0. The third-order valence-electron chi connectivity index (χ3n) is 4.54. The SMILES string of the molecule is Cc1ccc(C(C)(C)C)cc1/C=c1\[nH]c(=O)/c(=C/c2ccccc2)[nH]c1=O. The zero-order valence-corrected chi connectivity index (χ0v) is 16.1. The first-order chi connectivity index (χ1) is 12.7. The van der Waals surface area contributed by atoms with E-state index in [1.54, 1.807) is 12.2 Å². The van der Waals surface area contributed by atoms with Gasteiger partial charge in [-0.05, 0) is 46.7 Å². The fourth-order valence-corrected chi connectivity index (χ4v) is 2.83. The Morgan fingerprint density at radius 2 is 1.41 bits per heavy atom. The normalized spacial score (nSPS) is 13.2. The van der Waals surface area contributed by atoms with Gasteiger partial charge in [-0.3, -0.25) is 9.59 Å². The number of hydrogen-bond donors (Lipinski definition) is 2. The van der Waals surface area contributed by atoms with Gasteiger partial charge in [0.25, 0.3) is 11.1 Å². The van der Waals surface area contributed by atoms with Gasteiger partial charge in [0, 0.05) is 0 Å². The summed E-state index contributed by atoms with van der Waals surface area (Å²) in [6.07, 6.45) is 3.40. The van der Waals surface area contributed by atoms with Gasteiger partial charge in [0.15, 0.2) is 0 Å². The van der Waals surface area contributed by atoms with E-state index in [1.165, 1.54) is 5.56 Å². The van der Waals surface area contributed by atoms with Gasteiger partial charge in [-0.2, -0.15) is 0 Å². The second kappa shape index (κ2) is 7.23. The van der Waals surface area contributed by atoms with Crippen molar-refractivity contribution in [3.05, 3.63) is 102 Å². The number of hydrogen-bond acceptors (Lipinski definition) is 2. The van der Waals surface area contributed by atoms with Crippen LogP contribution in [0.2, 0.25) is 0 Å². The molecule has 0 saturated heterocycles. The minimum Gasteiger partial charge on any atom is -0.316 e. The van der Waals surface area contributed by atoms with Crippen LogP contribution in [-0.2, 0) is 5.41 Å². The summed E-state index contributed by atoms with van der Waals surface area (Å²) in [7, 11) is 0. The Morgan fingerprint density at radius 1 is 0.815 bits per heavy atom. The molecule has 0 fully saturated rings. The fourth-order valence-electron chi connectivity index (χ4n) is 2.83. The Bertz CT molecular complexity index is 1190. The first-order valence-corrected chi connectivity index (χ1v) is 8.96. The molecule has 138 valence electrons. The molecule has 0 saturated carbocycles. The molecule has 0 unspecified atom stereocenters. The van der Waals surface area contributed by atoms with Gasteiger partial charge in [0.1, 0.15) is 10.7 Å². The summed E-state index contributed by atoms with van der Waals surface area (Å²) in [5, 5.41) is 0.489. The first kappa shape index (κ1) is 18.6. The van der Waals surface area contributed by atoms with Crippen LogP contribution < -0.4 is 21.8 Å². The van der Waals surface area contributed by atoms with Gasteiger partial charge in [-0.25, -0.2) is 0 Å². The topological polar surface area (TPSA) is 65.7 Å². The molecule has 0 atom stereocenters. The van der Waals surface area contributed by atoms with Crippen molar-refractivity contribution in [3.63, 3.8) is 0 Å². The maximum absolute atomic E-state index is 12.5. The van der Waals surface area contributed by atoms with E-state index in [-0.39, 0.29) is 27.2 Å². The van der Waals surface area contributed by atoms with Crippen LogP contribution >= 0.6 is 0 Å². The van der Waals surface area contributed by atoms with E-state index in [1.807, 2.05) is 43.3 Å². The Balaban J connectivity index is 2.15. The van der Waals surface area contributed by atoms with Crippen molar-refractivity contribution in [2.75, 3.05) is 0 Å². The fraction of sp³-hybridized carbons (Fsp3) is 0.217. The van der Waals surface area contributed by atoms with Crippen molar-refractivity contribution in [1.29, 1.82) is 0 Å². The zero-order valence-electron chi connectivity index (χ0n) is 16.1. The van der Waals surface area contributed by atoms with E-state index in [9.17, 15) is 9.59 Å². The number of aromatic amines is 2. The Morgan fingerprint density at radius 3 is 2.00 bits per heavy atom. The van der Waals surface area contributed by atoms with Gasteiger partial charge in [-0.15, -0.1) is 0 Å². The number of nitrogens with one attached hydrogen (secondary N) is 2. The standard InChI is InChI=1S/C23H24N2O2/c1-15-10-11-18(23(2,3)4)13-17(15)14-20-22(27)24-19(21(26)25-20)12-16-8-6-5-7-9-16/h5-14H,1-4H3,(H,24,27)(H,25,26)/b19-12-,20-14-. The number of aromatic nitrogens is 2. The Hall–Kier alpha value is -3.14. The molecule has 2 aromatic carbocycles. The van der Waals surface area contributed by atoms with E-state index < -0.39 is 0 Å². The molecule has 1 heterocycles. The van der Waals surface area contributed by atoms with Gasteiger partial charge in [0.05, 0.1) is 0 Å². The van der Waals surface area contributed by atoms with Crippen LogP contribution in [0.4, 0.5) is 0 Å². The molecule has 0 aliphatic carbocycles. The highest BCUT2D eigenvalue weighted by molar-refractivity contribution is 5.54. The van der Waals surface area contributed by atoms with Gasteiger partial charge >= 0.3 is 0 Å². The largest absolute Gasteiger partial charge is 0.316 e. The molecule has 0 amide bonds. The summed E-state index contributed by atoms with van der Waals surface area (Å²) in [6, 6.07) is 15.6. The predicted octanol–water partition coefficient (Wildman–Crippen LogP) is 2.33. The van der Waals surface area contributed by atoms with Crippen LogP contribution in [0.5, 0.6) is 0 Å². The molecule has 0 radical (unpaired) electrons. The van der Waals surface area contributed by atoms with E-state index >= 15 is 0 Å². The minimum atomic E-state index is -0.325. The van der Waals surface area contributed by atoms with Crippen molar-refractivity contribution in [2.24, 2.45) is 0 Å². The molecule has 3 rings (SSSR count). The zero-order chi connectivity index (χ0) is 19.6. The molecule has 27 heavy (non-hydrogen) atoms. The van der Waals surface area contributed by atoms with Crippen molar-refractivity contribution in [3.8, 4) is 0 Å². The van der Waals surface area contributed by atoms with Gasteiger partial charge in [-0.1, -0.05) is 69.3 Å². The quantitative estimate of drug-likeness (QED) is 0.737. The molecule has 0 aliphatic heterocycles. The lowest BCUT2D eigenvalue weighted by molar-refractivity contribution is 0.590. The van der Waals surface area contributed by atoms with Gasteiger partial charge in [0.2, 0.25) is 0 Å². The Kier molecular flexibility index (Phi) is 5.00. The maximum atomic E-state index is 12.5. The highest BCUT2D eigenvalue weighted by atomic mass is 16.1. The third-order valence-corrected chi connectivity index (χ3v) is 4.54. The van der Waals surface area contributed by atoms with Crippen LogP contribution in [0.15, 0.2) is 58.1 Å². The molecule has 0 spiro atoms. The van der Waals surface area contributed by atoms with Gasteiger partial charge < -0.3 is 9.97 Å². The van der Waals surface area contributed by atoms with Crippen LogP contribution in [0.25, 0.3) is 12.2 Å². The van der Waals surface area contributed by atoms with Crippen LogP contribution in [0.3, 0.4) is 0 Å². The lowest BCUT2D eigenvalue weighted by atomic mass is 9.85. The third kappa shape index (κ3) is 4.34. The van der Waals surface area contributed by atoms with Crippen LogP contribution in [-0.4, -0.2) is 9.97 Å². The van der Waals surface area contributed by atoms with Crippen molar-refractivity contribution >= 4 is 12.2 Å². The number of rotatable bonds is 2. The lowest BCUT2D eigenvalue weighted by Crippen LogP contribution is -2.46. The van der Waals surface area contributed by atoms with Crippen molar-refractivity contribution < 1.29 is 0 Å². The number of H-pyrrole nitrogens is 2. The molecule has 3 aromatic rings. The molecule has 1 aromatic heterocycles. The maximum Gasteiger partial charge on any atom is 0.272 e. The molecular formula is C23H24N2O2. The molecule has 0 aliphatic rings. The Labute approximate surface area is 157 Å². The second-order valence-electron chi connectivity index (χ2n) is 7.76. The molecule has 4 nitrogen and oxygen atoms in total. The number of benzene rings is 2. The summed E-state index contributed by atoms with van der Waals surface area (Å²) in [5.74, 6) is 0. The second-order valence-corrected chi connectivity index (χ2v) is 7.76. The van der Waals surface area contributed by atoms with Crippen LogP contribution in [0, 0.1) is 6.92 Å². The van der Waals surface area contributed by atoms with Crippen LogP contribution in [0.1, 0.15) is 43.0 Å². The monoisotopic (exact) mass is 360 g/mol. The molecular weight excluding hydrogens is 336 g/mol. The average Bonchev–Trinajstić information content (AvgIpc) is 2.61. The smallest absolute Gasteiger partial charge is 0.272 e. The molecule has 4 heteroatoms.